The molecule has 2 saturated heterocycles. The van der Waals surface area contributed by atoms with Gasteiger partial charge in [-0.25, -0.2) is 0 Å². The summed E-state index contributed by atoms with van der Waals surface area (Å²) in [5.41, 5.74) is 1.18. The molecule has 0 saturated carbocycles. The average Bonchev–Trinajstić information content (AvgIpc) is 2.80. The van der Waals surface area contributed by atoms with Gasteiger partial charge in [-0.15, -0.1) is 0 Å². The number of nitrogens with one attached hydrogen (secondary N) is 2. The van der Waals surface area contributed by atoms with Gasteiger partial charge in [0, 0.05) is 32.2 Å². The number of anilines is 3. The number of hydrogen-bond acceptors (Lipinski definition) is 6. The molecule has 0 bridgehead atoms. The topological polar surface area (TPSA) is 65.6 Å². The molecule has 2 fully saturated rings. The molecule has 2 N–H and O–H groups in total. The fourth-order valence-corrected chi connectivity index (χ4v) is 4.42. The van der Waals surface area contributed by atoms with Crippen molar-refractivity contribution in [2.75, 3.05) is 54.5 Å². The number of benzene rings is 1. The van der Waals surface area contributed by atoms with Crippen molar-refractivity contribution < 1.29 is 4.74 Å². The lowest BCUT2D eigenvalue weighted by Crippen LogP contribution is -2.38. The maximum atomic E-state index is 5.58. The van der Waals surface area contributed by atoms with E-state index in [1.54, 1.807) is 0 Å². The maximum absolute atomic E-state index is 5.58. The summed E-state index contributed by atoms with van der Waals surface area (Å²) < 4.78 is 5.52. The van der Waals surface area contributed by atoms with Crippen LogP contribution in [0, 0.1) is 5.92 Å². The van der Waals surface area contributed by atoms with E-state index >= 15 is 0 Å². The summed E-state index contributed by atoms with van der Waals surface area (Å²) in [7, 11) is 0. The number of morpholine rings is 1. The van der Waals surface area contributed by atoms with E-state index in [1.165, 1.54) is 18.4 Å². The number of hydrogen-bond donors (Lipinski definition) is 2. The van der Waals surface area contributed by atoms with Crippen LogP contribution in [0.3, 0.4) is 0 Å². The van der Waals surface area contributed by atoms with Gasteiger partial charge in [-0.2, -0.15) is 9.97 Å². The molecule has 2 atom stereocenters. The molecule has 0 spiro atoms. The largest absolute Gasteiger partial charge is 0.378 e. The van der Waals surface area contributed by atoms with Crippen LogP contribution < -0.4 is 20.4 Å². The highest BCUT2D eigenvalue weighted by Crippen LogP contribution is 2.26. The summed E-state index contributed by atoms with van der Waals surface area (Å²) in [5.74, 6) is 3.09. The summed E-state index contributed by atoms with van der Waals surface area (Å²) >= 11 is 5.58. The Bertz CT molecular complexity index is 874. The number of piperidine rings is 1. The van der Waals surface area contributed by atoms with Crippen molar-refractivity contribution in [3.8, 4) is 0 Å². The predicted molar refractivity (Wildman–Crippen MR) is 130 cm³/mol. The Hall–Kier alpha value is -2.45. The molecule has 8 heteroatoms. The van der Waals surface area contributed by atoms with Crippen molar-refractivity contribution in [1.82, 2.24) is 15.3 Å². The minimum absolute atomic E-state index is 0.0889. The Morgan fingerprint density at radius 3 is 2.52 bits per heavy atom. The summed E-state index contributed by atoms with van der Waals surface area (Å²) in [6.45, 7) is 9.55. The molecule has 3 heterocycles. The molecule has 1 aromatic carbocycles. The maximum Gasteiger partial charge on any atom is 0.232 e. The monoisotopic (exact) mass is 440 g/mol. The molecular weight excluding hydrogens is 408 g/mol. The van der Waals surface area contributed by atoms with Crippen LogP contribution in [0.4, 0.5) is 17.6 Å². The molecule has 0 aliphatic carbocycles. The van der Waals surface area contributed by atoms with Crippen LogP contribution in [-0.2, 0) is 4.74 Å². The van der Waals surface area contributed by atoms with Gasteiger partial charge in [0.2, 0.25) is 5.95 Å². The van der Waals surface area contributed by atoms with E-state index < -0.39 is 0 Å². The van der Waals surface area contributed by atoms with Gasteiger partial charge in [0.1, 0.15) is 11.6 Å². The fourth-order valence-electron chi connectivity index (χ4n) is 4.15. The van der Waals surface area contributed by atoms with Crippen molar-refractivity contribution >= 4 is 34.9 Å². The summed E-state index contributed by atoms with van der Waals surface area (Å²) in [6, 6.07) is 12.5. The van der Waals surface area contributed by atoms with Crippen molar-refractivity contribution in [1.29, 1.82) is 0 Å². The number of rotatable bonds is 5. The summed E-state index contributed by atoms with van der Waals surface area (Å²) in [4.78, 5) is 14.2. The molecule has 2 aliphatic heterocycles. The van der Waals surface area contributed by atoms with Gasteiger partial charge in [-0.1, -0.05) is 37.3 Å². The normalized spacial score (nSPS) is 20.3. The predicted octanol–water partition coefficient (Wildman–Crippen LogP) is 3.60. The van der Waals surface area contributed by atoms with E-state index in [-0.39, 0.29) is 6.04 Å². The lowest BCUT2D eigenvalue weighted by Gasteiger charge is -2.33. The number of ether oxygens (including phenoxy) is 1. The molecule has 1 aromatic heterocycles. The van der Waals surface area contributed by atoms with Gasteiger partial charge in [-0.05, 0) is 43.5 Å². The van der Waals surface area contributed by atoms with Crippen LogP contribution in [0.15, 0.2) is 36.4 Å². The molecule has 7 nitrogen and oxygen atoms in total. The molecule has 2 aliphatic rings. The van der Waals surface area contributed by atoms with Gasteiger partial charge >= 0.3 is 0 Å². The zero-order valence-electron chi connectivity index (χ0n) is 18.4. The standard InChI is InChI=1S/C23H32N6OS/c1-17-7-6-10-29(16-17)21-15-20(28-11-13-30-14-12-28)25-22(26-21)27-23(31)24-18(2)19-8-4-3-5-9-19/h3-5,8-9,15,17-18H,6-7,10-14,16H2,1-2H3,(H2,24,25,26,27,31). The zero-order valence-corrected chi connectivity index (χ0v) is 19.2. The van der Waals surface area contributed by atoms with Gasteiger partial charge in [0.15, 0.2) is 5.11 Å². The molecular formula is C23H32N6OS. The Morgan fingerprint density at radius 2 is 1.81 bits per heavy atom. The van der Waals surface area contributed by atoms with Crippen LogP contribution in [0.2, 0.25) is 0 Å². The average molecular weight is 441 g/mol. The minimum atomic E-state index is 0.0889. The van der Waals surface area contributed by atoms with Gasteiger partial charge in [0.25, 0.3) is 0 Å². The first-order valence-electron chi connectivity index (χ1n) is 11.2. The van der Waals surface area contributed by atoms with Crippen LogP contribution in [-0.4, -0.2) is 54.5 Å². The smallest absolute Gasteiger partial charge is 0.232 e. The molecule has 2 unspecified atom stereocenters. The second-order valence-electron chi connectivity index (χ2n) is 8.43. The Balaban J connectivity index is 1.52. The summed E-state index contributed by atoms with van der Waals surface area (Å²) in [5, 5.41) is 7.09. The second kappa shape index (κ2) is 10.2. The first kappa shape index (κ1) is 21.8. The quantitative estimate of drug-likeness (QED) is 0.684. The Labute approximate surface area is 190 Å². The highest BCUT2D eigenvalue weighted by atomic mass is 32.1. The molecule has 166 valence electrons. The van der Waals surface area contributed by atoms with Crippen LogP contribution in [0.5, 0.6) is 0 Å². The van der Waals surface area contributed by atoms with E-state index in [2.05, 4.69) is 52.5 Å². The first-order chi connectivity index (χ1) is 15.1. The number of nitrogens with zero attached hydrogens (tertiary/aromatic N) is 4. The van der Waals surface area contributed by atoms with Crippen LogP contribution in [0.1, 0.15) is 38.3 Å². The third-order valence-electron chi connectivity index (χ3n) is 5.89. The summed E-state index contributed by atoms with van der Waals surface area (Å²) in [6.07, 6.45) is 2.46. The Kier molecular flexibility index (Phi) is 7.19. The van der Waals surface area contributed by atoms with E-state index in [4.69, 9.17) is 26.9 Å². The van der Waals surface area contributed by atoms with Gasteiger partial charge in [0.05, 0.1) is 19.3 Å². The molecule has 31 heavy (non-hydrogen) atoms. The highest BCUT2D eigenvalue weighted by Gasteiger charge is 2.21. The lowest BCUT2D eigenvalue weighted by molar-refractivity contribution is 0.122. The van der Waals surface area contributed by atoms with E-state index in [1.807, 2.05) is 18.2 Å². The molecule has 0 amide bonds. The van der Waals surface area contributed by atoms with E-state index in [9.17, 15) is 0 Å². The van der Waals surface area contributed by atoms with Crippen molar-refractivity contribution in [2.24, 2.45) is 5.92 Å². The fraction of sp³-hybridized carbons (Fsp3) is 0.522. The SMILES string of the molecule is CC1CCCN(c2cc(N3CCOCC3)nc(NC(=S)NC(C)c3ccccc3)n2)C1. The zero-order chi connectivity index (χ0) is 21.6. The third kappa shape index (κ3) is 5.83. The lowest BCUT2D eigenvalue weighted by atomic mass is 10.0. The Morgan fingerprint density at radius 1 is 1.10 bits per heavy atom. The van der Waals surface area contributed by atoms with Crippen LogP contribution >= 0.6 is 12.2 Å². The van der Waals surface area contributed by atoms with Gasteiger partial charge < -0.3 is 25.2 Å². The third-order valence-corrected chi connectivity index (χ3v) is 6.11. The van der Waals surface area contributed by atoms with Gasteiger partial charge in [-0.3, -0.25) is 0 Å². The van der Waals surface area contributed by atoms with E-state index in [0.29, 0.717) is 17.0 Å². The van der Waals surface area contributed by atoms with Crippen molar-refractivity contribution in [3.05, 3.63) is 42.0 Å². The highest BCUT2D eigenvalue weighted by molar-refractivity contribution is 7.80. The van der Waals surface area contributed by atoms with E-state index in [0.717, 1.165) is 51.0 Å². The number of aromatic nitrogens is 2. The van der Waals surface area contributed by atoms with Crippen molar-refractivity contribution in [3.63, 3.8) is 0 Å². The molecule has 2 aromatic rings. The molecule has 4 rings (SSSR count). The molecule has 0 radical (unpaired) electrons. The number of thiocarbonyl (C=S) groups is 1. The second-order valence-corrected chi connectivity index (χ2v) is 8.84. The minimum Gasteiger partial charge on any atom is -0.378 e. The van der Waals surface area contributed by atoms with Crippen molar-refractivity contribution in [2.45, 2.75) is 32.7 Å². The first-order valence-corrected chi connectivity index (χ1v) is 11.6. The van der Waals surface area contributed by atoms with Crippen LogP contribution in [0.25, 0.3) is 0 Å².